The van der Waals surface area contributed by atoms with Crippen LogP contribution in [0.5, 0.6) is 5.75 Å². The number of aromatic hydroxyl groups is 1. The lowest BCUT2D eigenvalue weighted by atomic mass is 9.96. The molecule has 4 nitrogen and oxygen atoms in total. The minimum atomic E-state index is -0.590. The minimum Gasteiger partial charge on any atom is -0.508 e. The third-order valence-corrected chi connectivity index (χ3v) is 3.55. The van der Waals surface area contributed by atoms with E-state index in [9.17, 15) is 10.2 Å². The lowest BCUT2D eigenvalue weighted by molar-refractivity contribution is 0.200. The summed E-state index contributed by atoms with van der Waals surface area (Å²) in [6.07, 6.45) is 1.23. The molecule has 0 radical (unpaired) electrons. The van der Waals surface area contributed by atoms with Crippen molar-refractivity contribution in [1.82, 2.24) is 9.78 Å². The summed E-state index contributed by atoms with van der Waals surface area (Å²) in [6.45, 7) is 1.72. The van der Waals surface area contributed by atoms with Crippen LogP contribution in [-0.2, 0) is 7.05 Å². The van der Waals surface area contributed by atoms with Gasteiger partial charge in [-0.2, -0.15) is 5.10 Å². The second kappa shape index (κ2) is 4.65. The van der Waals surface area contributed by atoms with Gasteiger partial charge in [0.05, 0.1) is 17.8 Å². The number of aryl methyl sites for hydroxylation is 1. The fourth-order valence-corrected chi connectivity index (χ4v) is 2.47. The van der Waals surface area contributed by atoms with Crippen LogP contribution < -0.4 is 0 Å². The normalized spacial score (nSPS) is 12.8. The molecule has 3 rings (SSSR count). The predicted octanol–water partition coefficient (Wildman–Crippen LogP) is 3.00. The highest BCUT2D eigenvalue weighted by Gasteiger charge is 2.12. The Morgan fingerprint density at radius 1 is 1.15 bits per heavy atom. The van der Waals surface area contributed by atoms with Gasteiger partial charge in [0.1, 0.15) is 5.75 Å². The van der Waals surface area contributed by atoms with Crippen molar-refractivity contribution in [1.29, 1.82) is 0 Å². The van der Waals surface area contributed by atoms with Gasteiger partial charge < -0.3 is 10.2 Å². The Morgan fingerprint density at radius 2 is 1.95 bits per heavy atom. The molecule has 0 aliphatic carbocycles. The molecule has 2 aromatic carbocycles. The highest BCUT2D eigenvalue weighted by atomic mass is 16.3. The van der Waals surface area contributed by atoms with Gasteiger partial charge in [0.25, 0.3) is 0 Å². The smallest absolute Gasteiger partial charge is 0.116 e. The number of aliphatic hydroxyl groups excluding tert-OH is 1. The first-order valence-corrected chi connectivity index (χ1v) is 6.49. The standard InChI is InChI=1S/C16H16N2O2/c1-10(19)14-6-5-13(20)8-15(14)11-3-4-12-9-17-18(2)16(12)7-11/h3-10,19-20H,1-2H3. The molecule has 0 amide bonds. The van der Waals surface area contributed by atoms with E-state index in [1.54, 1.807) is 25.1 Å². The SMILES string of the molecule is CC(O)c1ccc(O)cc1-c1ccc2cnn(C)c2c1. The van der Waals surface area contributed by atoms with Gasteiger partial charge in [-0.15, -0.1) is 0 Å². The highest BCUT2D eigenvalue weighted by molar-refractivity contribution is 5.85. The molecular formula is C16H16N2O2. The Hall–Kier alpha value is -2.33. The van der Waals surface area contributed by atoms with E-state index in [1.165, 1.54) is 0 Å². The molecule has 0 aliphatic heterocycles. The molecule has 0 saturated carbocycles. The van der Waals surface area contributed by atoms with Crippen LogP contribution in [0.25, 0.3) is 22.0 Å². The number of aromatic nitrogens is 2. The Morgan fingerprint density at radius 3 is 2.70 bits per heavy atom. The Balaban J connectivity index is 2.24. The van der Waals surface area contributed by atoms with Crippen LogP contribution in [0.15, 0.2) is 42.6 Å². The van der Waals surface area contributed by atoms with Crippen LogP contribution in [0, 0.1) is 0 Å². The molecule has 0 saturated heterocycles. The lowest BCUT2D eigenvalue weighted by Gasteiger charge is -2.13. The van der Waals surface area contributed by atoms with Gasteiger partial charge in [0, 0.05) is 12.4 Å². The quantitative estimate of drug-likeness (QED) is 0.751. The fraction of sp³-hybridized carbons (Fsp3) is 0.188. The number of hydrogen-bond donors (Lipinski definition) is 2. The number of hydrogen-bond acceptors (Lipinski definition) is 3. The lowest BCUT2D eigenvalue weighted by Crippen LogP contribution is -1.95. The van der Waals surface area contributed by atoms with E-state index in [-0.39, 0.29) is 5.75 Å². The predicted molar refractivity (Wildman–Crippen MR) is 78.4 cm³/mol. The molecule has 0 aliphatic rings. The highest BCUT2D eigenvalue weighted by Crippen LogP contribution is 2.32. The van der Waals surface area contributed by atoms with Crippen molar-refractivity contribution in [3.05, 3.63) is 48.2 Å². The first kappa shape index (κ1) is 12.7. The van der Waals surface area contributed by atoms with Crippen molar-refractivity contribution in [3.8, 4) is 16.9 Å². The first-order valence-electron chi connectivity index (χ1n) is 6.49. The number of benzene rings is 2. The number of rotatable bonds is 2. The minimum absolute atomic E-state index is 0.189. The fourth-order valence-electron chi connectivity index (χ4n) is 2.47. The van der Waals surface area contributed by atoms with E-state index >= 15 is 0 Å². The zero-order valence-electron chi connectivity index (χ0n) is 11.4. The van der Waals surface area contributed by atoms with Gasteiger partial charge in [0.15, 0.2) is 0 Å². The van der Waals surface area contributed by atoms with Gasteiger partial charge in [-0.05, 0) is 41.8 Å². The topological polar surface area (TPSA) is 58.3 Å². The zero-order chi connectivity index (χ0) is 14.3. The molecule has 4 heteroatoms. The van der Waals surface area contributed by atoms with Crippen LogP contribution in [0.3, 0.4) is 0 Å². The van der Waals surface area contributed by atoms with Gasteiger partial charge in [-0.25, -0.2) is 0 Å². The molecule has 20 heavy (non-hydrogen) atoms. The van der Waals surface area contributed by atoms with Crippen molar-refractivity contribution in [2.24, 2.45) is 7.05 Å². The van der Waals surface area contributed by atoms with Gasteiger partial charge >= 0.3 is 0 Å². The Bertz CT molecular complexity index is 775. The monoisotopic (exact) mass is 268 g/mol. The van der Waals surface area contributed by atoms with Gasteiger partial charge in [-0.1, -0.05) is 18.2 Å². The largest absolute Gasteiger partial charge is 0.508 e. The van der Waals surface area contributed by atoms with Crippen LogP contribution in [0.2, 0.25) is 0 Å². The van der Waals surface area contributed by atoms with E-state index in [0.29, 0.717) is 0 Å². The molecule has 1 unspecified atom stereocenters. The second-order valence-electron chi connectivity index (χ2n) is 4.99. The molecule has 1 aromatic heterocycles. The van der Waals surface area contributed by atoms with E-state index in [4.69, 9.17) is 0 Å². The van der Waals surface area contributed by atoms with Gasteiger partial charge in [0.2, 0.25) is 0 Å². The van der Waals surface area contributed by atoms with Crippen molar-refractivity contribution in [3.63, 3.8) is 0 Å². The third-order valence-electron chi connectivity index (χ3n) is 3.55. The maximum absolute atomic E-state index is 9.89. The summed E-state index contributed by atoms with van der Waals surface area (Å²) in [6, 6.07) is 11.0. The molecule has 102 valence electrons. The van der Waals surface area contributed by atoms with Crippen LogP contribution in [0.4, 0.5) is 0 Å². The molecule has 1 heterocycles. The Labute approximate surface area is 116 Å². The van der Waals surface area contributed by atoms with E-state index < -0.39 is 6.10 Å². The number of phenolic OH excluding ortho intramolecular Hbond substituents is 1. The van der Waals surface area contributed by atoms with Crippen molar-refractivity contribution in [2.75, 3.05) is 0 Å². The summed E-state index contributed by atoms with van der Waals surface area (Å²) in [5.41, 5.74) is 3.60. The first-order chi connectivity index (χ1) is 9.56. The van der Waals surface area contributed by atoms with Crippen molar-refractivity contribution in [2.45, 2.75) is 13.0 Å². The van der Waals surface area contributed by atoms with Crippen molar-refractivity contribution >= 4 is 10.9 Å². The molecule has 3 aromatic rings. The van der Waals surface area contributed by atoms with E-state index in [2.05, 4.69) is 5.10 Å². The summed E-state index contributed by atoms with van der Waals surface area (Å²) < 4.78 is 1.81. The molecule has 0 fully saturated rings. The summed E-state index contributed by atoms with van der Waals surface area (Å²) in [4.78, 5) is 0. The summed E-state index contributed by atoms with van der Waals surface area (Å²) in [5.74, 6) is 0.189. The molecule has 0 spiro atoms. The summed E-state index contributed by atoms with van der Waals surface area (Å²) in [7, 11) is 1.89. The summed E-state index contributed by atoms with van der Waals surface area (Å²) >= 11 is 0. The van der Waals surface area contributed by atoms with E-state index in [0.717, 1.165) is 27.6 Å². The number of nitrogens with zero attached hydrogens (tertiary/aromatic N) is 2. The summed E-state index contributed by atoms with van der Waals surface area (Å²) in [5, 5.41) is 24.9. The van der Waals surface area contributed by atoms with E-state index in [1.807, 2.05) is 36.1 Å². The molecular weight excluding hydrogens is 252 g/mol. The average Bonchev–Trinajstić information content (AvgIpc) is 2.79. The number of phenols is 1. The van der Waals surface area contributed by atoms with Crippen LogP contribution in [0.1, 0.15) is 18.6 Å². The van der Waals surface area contributed by atoms with Crippen molar-refractivity contribution < 1.29 is 10.2 Å². The number of aliphatic hydroxyl groups is 1. The maximum atomic E-state index is 9.89. The molecule has 1 atom stereocenters. The number of fused-ring (bicyclic) bond motifs is 1. The third kappa shape index (κ3) is 2.04. The second-order valence-corrected chi connectivity index (χ2v) is 4.99. The van der Waals surface area contributed by atoms with Crippen LogP contribution in [-0.4, -0.2) is 20.0 Å². The van der Waals surface area contributed by atoms with Gasteiger partial charge in [-0.3, -0.25) is 4.68 Å². The Kier molecular flexibility index (Phi) is 2.95. The molecule has 0 bridgehead atoms. The zero-order valence-corrected chi connectivity index (χ0v) is 11.4. The van der Waals surface area contributed by atoms with Crippen LogP contribution >= 0.6 is 0 Å². The maximum Gasteiger partial charge on any atom is 0.116 e. The average molecular weight is 268 g/mol. The molecule has 2 N–H and O–H groups in total.